The van der Waals surface area contributed by atoms with E-state index >= 15 is 0 Å². The molecule has 0 aliphatic rings. The summed E-state index contributed by atoms with van der Waals surface area (Å²) in [5.74, 6) is 0.793. The van der Waals surface area contributed by atoms with Gasteiger partial charge in [0.25, 0.3) is 0 Å². The van der Waals surface area contributed by atoms with E-state index in [1.54, 1.807) is 37.6 Å². The van der Waals surface area contributed by atoms with Crippen molar-refractivity contribution in [3.63, 3.8) is 0 Å². The van der Waals surface area contributed by atoms with Crippen molar-refractivity contribution in [2.24, 2.45) is 0 Å². The van der Waals surface area contributed by atoms with Crippen LogP contribution in [0.15, 0.2) is 48.7 Å². The van der Waals surface area contributed by atoms with E-state index in [2.05, 4.69) is 10.6 Å². The number of nitrogens with one attached hydrogen (secondary N) is 2. The van der Waals surface area contributed by atoms with Crippen molar-refractivity contribution in [3.8, 4) is 5.75 Å². The lowest BCUT2D eigenvalue weighted by atomic mass is 10.2. The van der Waals surface area contributed by atoms with E-state index < -0.39 is 0 Å². The maximum absolute atomic E-state index is 11.8. The van der Waals surface area contributed by atoms with Crippen LogP contribution < -0.4 is 15.4 Å². The van der Waals surface area contributed by atoms with Gasteiger partial charge in [0, 0.05) is 16.9 Å². The molecule has 0 bridgehead atoms. The molecule has 114 valence electrons. The van der Waals surface area contributed by atoms with Gasteiger partial charge in [0.1, 0.15) is 5.75 Å². The first-order valence-corrected chi connectivity index (χ1v) is 7.10. The van der Waals surface area contributed by atoms with Crippen LogP contribution in [-0.2, 0) is 0 Å². The molecule has 0 fully saturated rings. The van der Waals surface area contributed by atoms with E-state index in [-0.39, 0.29) is 6.03 Å². The summed E-state index contributed by atoms with van der Waals surface area (Å²) in [5.41, 5.74) is 2.59. The van der Waals surface area contributed by atoms with Crippen molar-refractivity contribution in [3.05, 3.63) is 64.8 Å². The number of carbonyl (C=O) groups excluding carboxylic acids is 1. The second kappa shape index (κ2) is 7.52. The predicted octanol–water partition coefficient (Wildman–Crippen LogP) is 4.45. The fraction of sp³-hybridized carbons (Fsp3) is 0.118. The number of aryl methyl sites for hydroxylation is 1. The lowest BCUT2D eigenvalue weighted by Crippen LogP contribution is -2.24. The molecular weight excluding hydrogens is 300 g/mol. The SMILES string of the molecule is COc1ccc(/C=C/NC(=O)Nc2ccc(Cl)cc2C)cc1. The number of hydrogen-bond acceptors (Lipinski definition) is 2. The molecule has 5 heteroatoms. The molecule has 0 radical (unpaired) electrons. The molecule has 2 N–H and O–H groups in total. The van der Waals surface area contributed by atoms with E-state index in [4.69, 9.17) is 16.3 Å². The second-order valence-electron chi connectivity index (χ2n) is 4.66. The van der Waals surface area contributed by atoms with Gasteiger partial charge in [0.2, 0.25) is 0 Å². The van der Waals surface area contributed by atoms with Gasteiger partial charge in [0.15, 0.2) is 0 Å². The number of benzene rings is 2. The Morgan fingerprint density at radius 2 is 1.91 bits per heavy atom. The molecule has 0 unspecified atom stereocenters. The Bertz CT molecular complexity index is 682. The first kappa shape index (κ1) is 15.9. The second-order valence-corrected chi connectivity index (χ2v) is 5.10. The number of hydrogen-bond donors (Lipinski definition) is 2. The summed E-state index contributed by atoms with van der Waals surface area (Å²) in [7, 11) is 1.62. The van der Waals surface area contributed by atoms with Gasteiger partial charge in [-0.2, -0.15) is 0 Å². The predicted molar refractivity (Wildman–Crippen MR) is 90.4 cm³/mol. The average molecular weight is 317 g/mol. The van der Waals surface area contributed by atoms with Crippen molar-refractivity contribution >= 4 is 29.4 Å². The Morgan fingerprint density at radius 3 is 2.55 bits per heavy atom. The van der Waals surface area contributed by atoms with Crippen LogP contribution in [0.4, 0.5) is 10.5 Å². The summed E-state index contributed by atoms with van der Waals surface area (Å²) in [5, 5.41) is 6.06. The highest BCUT2D eigenvalue weighted by atomic mass is 35.5. The van der Waals surface area contributed by atoms with Crippen LogP contribution in [0.1, 0.15) is 11.1 Å². The minimum absolute atomic E-state index is 0.310. The van der Waals surface area contributed by atoms with Gasteiger partial charge in [0.05, 0.1) is 7.11 Å². The van der Waals surface area contributed by atoms with E-state index in [1.807, 2.05) is 31.2 Å². The molecular formula is C17H17ClN2O2. The zero-order chi connectivity index (χ0) is 15.9. The molecule has 4 nitrogen and oxygen atoms in total. The minimum Gasteiger partial charge on any atom is -0.497 e. The number of ether oxygens (including phenoxy) is 1. The van der Waals surface area contributed by atoms with Crippen LogP contribution in [0, 0.1) is 6.92 Å². The molecule has 2 amide bonds. The van der Waals surface area contributed by atoms with Crippen LogP contribution in [-0.4, -0.2) is 13.1 Å². The Labute approximate surface area is 134 Å². The standard InChI is InChI=1S/C17H17ClN2O2/c1-12-11-14(18)5-8-16(12)20-17(21)19-10-9-13-3-6-15(22-2)7-4-13/h3-11H,1-2H3,(H2,19,20,21)/b10-9+. The third-order valence-electron chi connectivity index (χ3n) is 3.04. The zero-order valence-corrected chi connectivity index (χ0v) is 13.1. The van der Waals surface area contributed by atoms with Gasteiger partial charge < -0.3 is 15.4 Å². The van der Waals surface area contributed by atoms with Crippen LogP contribution in [0.2, 0.25) is 5.02 Å². The van der Waals surface area contributed by atoms with Crippen LogP contribution >= 0.6 is 11.6 Å². The van der Waals surface area contributed by atoms with Gasteiger partial charge in [-0.05, 0) is 54.5 Å². The van der Waals surface area contributed by atoms with Crippen molar-refractivity contribution in [1.29, 1.82) is 0 Å². The average Bonchev–Trinajstić information content (AvgIpc) is 2.51. The molecule has 0 aliphatic heterocycles. The number of carbonyl (C=O) groups is 1. The third-order valence-corrected chi connectivity index (χ3v) is 3.28. The first-order chi connectivity index (χ1) is 10.6. The number of amides is 2. The maximum Gasteiger partial charge on any atom is 0.323 e. The fourth-order valence-corrected chi connectivity index (χ4v) is 2.08. The summed E-state index contributed by atoms with van der Waals surface area (Å²) >= 11 is 5.88. The van der Waals surface area contributed by atoms with E-state index in [0.29, 0.717) is 5.02 Å². The van der Waals surface area contributed by atoms with Crippen LogP contribution in [0.25, 0.3) is 6.08 Å². The quantitative estimate of drug-likeness (QED) is 0.875. The molecule has 2 rings (SSSR count). The molecule has 0 heterocycles. The highest BCUT2D eigenvalue weighted by Gasteiger charge is 2.03. The van der Waals surface area contributed by atoms with Crippen LogP contribution in [0.3, 0.4) is 0 Å². The highest BCUT2D eigenvalue weighted by molar-refractivity contribution is 6.30. The van der Waals surface area contributed by atoms with E-state index in [9.17, 15) is 4.79 Å². The van der Waals surface area contributed by atoms with Crippen molar-refractivity contribution in [2.75, 3.05) is 12.4 Å². The molecule has 22 heavy (non-hydrogen) atoms. The molecule has 2 aromatic rings. The lowest BCUT2D eigenvalue weighted by molar-refractivity contribution is 0.255. The number of urea groups is 1. The summed E-state index contributed by atoms with van der Waals surface area (Å²) in [6.45, 7) is 1.88. The van der Waals surface area contributed by atoms with Gasteiger partial charge >= 0.3 is 6.03 Å². The monoisotopic (exact) mass is 316 g/mol. The number of anilines is 1. The Balaban J connectivity index is 1.90. The molecule has 0 saturated heterocycles. The normalized spacial score (nSPS) is 10.5. The van der Waals surface area contributed by atoms with Gasteiger partial charge in [-0.25, -0.2) is 4.79 Å². The Kier molecular flexibility index (Phi) is 5.44. The van der Waals surface area contributed by atoms with Crippen molar-refractivity contribution < 1.29 is 9.53 Å². The third kappa shape index (κ3) is 4.53. The first-order valence-electron chi connectivity index (χ1n) is 6.73. The topological polar surface area (TPSA) is 50.4 Å². The summed E-state index contributed by atoms with van der Waals surface area (Å²) in [4.78, 5) is 11.8. The van der Waals surface area contributed by atoms with Crippen molar-refractivity contribution in [1.82, 2.24) is 5.32 Å². The zero-order valence-electron chi connectivity index (χ0n) is 12.4. The highest BCUT2D eigenvalue weighted by Crippen LogP contribution is 2.19. The summed E-state index contributed by atoms with van der Waals surface area (Å²) < 4.78 is 5.08. The van der Waals surface area contributed by atoms with Gasteiger partial charge in [-0.1, -0.05) is 23.7 Å². The summed E-state index contributed by atoms with van der Waals surface area (Å²) in [6, 6.07) is 12.5. The largest absolute Gasteiger partial charge is 0.497 e. The number of rotatable bonds is 4. The van der Waals surface area contributed by atoms with Crippen LogP contribution in [0.5, 0.6) is 5.75 Å². The Hall–Kier alpha value is -2.46. The van der Waals surface area contributed by atoms with E-state index in [1.165, 1.54) is 0 Å². The summed E-state index contributed by atoms with van der Waals surface area (Å²) in [6.07, 6.45) is 3.39. The van der Waals surface area contributed by atoms with E-state index in [0.717, 1.165) is 22.6 Å². The lowest BCUT2D eigenvalue weighted by Gasteiger charge is -2.08. The number of halogens is 1. The smallest absolute Gasteiger partial charge is 0.323 e. The fourth-order valence-electron chi connectivity index (χ4n) is 1.85. The number of methoxy groups -OCH3 is 1. The molecule has 0 atom stereocenters. The minimum atomic E-state index is -0.310. The van der Waals surface area contributed by atoms with Gasteiger partial charge in [-0.15, -0.1) is 0 Å². The molecule has 0 saturated carbocycles. The van der Waals surface area contributed by atoms with Gasteiger partial charge in [-0.3, -0.25) is 0 Å². The van der Waals surface area contributed by atoms with Crippen molar-refractivity contribution in [2.45, 2.75) is 6.92 Å². The molecule has 0 aliphatic carbocycles. The molecule has 2 aromatic carbocycles. The molecule has 0 aromatic heterocycles. The Morgan fingerprint density at radius 1 is 1.18 bits per heavy atom. The maximum atomic E-state index is 11.8. The molecule has 0 spiro atoms.